The number of nitrogens with two attached hydrogens (primary N) is 3. The van der Waals surface area contributed by atoms with Crippen LogP contribution in [0.2, 0.25) is 0 Å². The van der Waals surface area contributed by atoms with E-state index in [1.807, 2.05) is 83.1 Å². The van der Waals surface area contributed by atoms with E-state index >= 15 is 0 Å². The van der Waals surface area contributed by atoms with Crippen molar-refractivity contribution < 1.29 is 13.8 Å². The maximum absolute atomic E-state index is 11.9. The molecular weight excluding hydrogens is 645 g/mol. The Labute approximate surface area is 302 Å². The van der Waals surface area contributed by atoms with Crippen LogP contribution in [0.4, 0.5) is 17.1 Å². The maximum Gasteiger partial charge on any atom is 0.251 e. The first-order valence-electron chi connectivity index (χ1n) is 17.9. The number of carbonyl (C=O) groups excluding carboxylic acids is 2. The van der Waals surface area contributed by atoms with Gasteiger partial charge in [0.2, 0.25) is 0 Å². The van der Waals surface area contributed by atoms with Gasteiger partial charge in [0.25, 0.3) is 5.91 Å². The van der Waals surface area contributed by atoms with Crippen LogP contribution in [-0.2, 0) is 11.0 Å². The minimum Gasteiger partial charge on any atom is -0.397 e. The molecule has 2 aliphatic rings. The van der Waals surface area contributed by atoms with Crippen molar-refractivity contribution in [3.05, 3.63) is 96.1 Å². The summed E-state index contributed by atoms with van der Waals surface area (Å²) in [6.45, 7) is 13.0. The summed E-state index contributed by atoms with van der Waals surface area (Å²) < 4.78 is 11.0. The van der Waals surface area contributed by atoms with Crippen LogP contribution in [0.3, 0.4) is 0 Å². The molecule has 0 bridgehead atoms. The van der Waals surface area contributed by atoms with E-state index in [1.165, 1.54) is 30.0 Å². The van der Waals surface area contributed by atoms with Crippen LogP contribution in [-0.4, -0.2) is 42.6 Å². The molecular formula is C40H58N6O3S. The van der Waals surface area contributed by atoms with E-state index in [-0.39, 0.29) is 5.91 Å². The average molecular weight is 703 g/mol. The number of carbonyl (C=O) groups is 2. The first kappa shape index (κ1) is 41.9. The molecule has 2 fully saturated rings. The molecule has 0 aromatic heterocycles. The molecule has 4 aromatic rings. The Balaban J connectivity index is 0.000000249. The fourth-order valence-electron chi connectivity index (χ4n) is 5.19. The number of hydrazine groups is 1. The third kappa shape index (κ3) is 13.2. The molecule has 1 heterocycles. The number of hydrogen-bond acceptors (Lipinski definition) is 7. The number of rotatable bonds is 8. The molecule has 6 rings (SSSR count). The summed E-state index contributed by atoms with van der Waals surface area (Å²) in [6, 6.07) is 26.8. The molecule has 1 unspecified atom stereocenters. The molecule has 272 valence electrons. The van der Waals surface area contributed by atoms with Gasteiger partial charge in [0, 0.05) is 49.4 Å². The van der Waals surface area contributed by atoms with Gasteiger partial charge in [-0.3, -0.25) is 9.59 Å². The fraction of sp³-hybridized carbons (Fsp3) is 0.400. The first-order valence-corrected chi connectivity index (χ1v) is 19.1. The van der Waals surface area contributed by atoms with E-state index in [2.05, 4.69) is 22.3 Å². The molecule has 1 saturated heterocycles. The molecule has 4 aromatic carbocycles. The van der Waals surface area contributed by atoms with Crippen LogP contribution >= 0.6 is 0 Å². The Morgan fingerprint density at radius 1 is 0.840 bits per heavy atom. The molecule has 9 nitrogen and oxygen atoms in total. The van der Waals surface area contributed by atoms with E-state index in [0.717, 1.165) is 48.7 Å². The Morgan fingerprint density at radius 2 is 1.44 bits per heavy atom. The van der Waals surface area contributed by atoms with Crippen LogP contribution in [0.25, 0.3) is 10.8 Å². The van der Waals surface area contributed by atoms with Gasteiger partial charge in [-0.05, 0) is 104 Å². The summed E-state index contributed by atoms with van der Waals surface area (Å²) in [6.07, 6.45) is 7.03. The summed E-state index contributed by atoms with van der Waals surface area (Å²) in [5.41, 5.74) is 9.67. The lowest BCUT2D eigenvalue weighted by atomic mass is 10.1. The number of piperidine rings is 1. The van der Waals surface area contributed by atoms with E-state index in [9.17, 15) is 13.8 Å². The topological polar surface area (TPSA) is 148 Å². The summed E-state index contributed by atoms with van der Waals surface area (Å²) in [4.78, 5) is 26.7. The van der Waals surface area contributed by atoms with Crippen molar-refractivity contribution >= 4 is 50.5 Å². The fourth-order valence-corrected chi connectivity index (χ4v) is 5.64. The largest absolute Gasteiger partial charge is 0.397 e. The van der Waals surface area contributed by atoms with E-state index < -0.39 is 11.0 Å². The number of nitrogen functional groups attached to an aromatic ring is 1. The van der Waals surface area contributed by atoms with Crippen LogP contribution in [0.1, 0.15) is 93.9 Å². The SMILES string of the molecule is CC.CC.CCCNC(=O)c1ccc(N)c(N(C)N)c1.NS(=O)c1ccc2ccccc2c1.O=C(c1ccc(N2CCCCC2)cc1)C1CC1. The highest BCUT2D eigenvalue weighted by Gasteiger charge is 2.30. The lowest BCUT2D eigenvalue weighted by Crippen LogP contribution is -2.29. The predicted octanol–water partition coefficient (Wildman–Crippen LogP) is 7.86. The lowest BCUT2D eigenvalue weighted by Gasteiger charge is -2.28. The molecule has 50 heavy (non-hydrogen) atoms. The third-order valence-corrected chi connectivity index (χ3v) is 8.70. The number of Topliss-reactive ketones (excluding diaryl/α,β-unsaturated/α-hetero) is 1. The number of fused-ring (bicyclic) bond motifs is 1. The minimum absolute atomic E-state index is 0.107. The van der Waals surface area contributed by atoms with Gasteiger partial charge in [-0.25, -0.2) is 15.2 Å². The van der Waals surface area contributed by atoms with Crippen LogP contribution in [0, 0.1) is 5.92 Å². The van der Waals surface area contributed by atoms with Gasteiger partial charge in [-0.2, -0.15) is 0 Å². The number of anilines is 3. The zero-order chi connectivity index (χ0) is 37.1. The van der Waals surface area contributed by atoms with Gasteiger partial charge >= 0.3 is 0 Å². The highest BCUT2D eigenvalue weighted by atomic mass is 32.2. The predicted molar refractivity (Wildman–Crippen MR) is 213 cm³/mol. The second-order valence-electron chi connectivity index (χ2n) is 11.7. The van der Waals surface area contributed by atoms with Crippen molar-refractivity contribution in [3.8, 4) is 0 Å². The summed E-state index contributed by atoms with van der Waals surface area (Å²) in [7, 11) is 0.295. The molecule has 10 heteroatoms. The Kier molecular flexibility index (Phi) is 18.8. The van der Waals surface area contributed by atoms with Crippen LogP contribution in [0.15, 0.2) is 89.8 Å². The van der Waals surface area contributed by atoms with Gasteiger partial charge in [-0.1, -0.05) is 65.0 Å². The third-order valence-electron chi connectivity index (χ3n) is 7.98. The number of hydrogen-bond donors (Lipinski definition) is 4. The first-order chi connectivity index (χ1) is 24.2. The van der Waals surface area contributed by atoms with Crippen molar-refractivity contribution in [2.24, 2.45) is 16.9 Å². The number of amides is 1. The van der Waals surface area contributed by atoms with Crippen molar-refractivity contribution in [2.75, 3.05) is 42.3 Å². The molecule has 1 aliphatic carbocycles. The zero-order valence-corrected chi connectivity index (χ0v) is 31.6. The Hall–Kier alpha value is -4.25. The maximum atomic E-state index is 11.9. The molecule has 1 aliphatic heterocycles. The van der Waals surface area contributed by atoms with Crippen molar-refractivity contribution in [1.82, 2.24) is 5.32 Å². The average Bonchev–Trinajstić information content (AvgIpc) is 4.02. The standard InChI is InChI=1S/C15H19NO.C11H18N4O.C10H9NOS.2C2H6/c17-15(12-4-5-12)13-6-8-14(9-7-13)16-10-2-1-3-11-16;1-3-6-14-11(16)8-4-5-9(12)10(7-8)15(2)13;11-13(12)10-6-5-8-3-1-2-4-9(8)7-10;2*1-2/h6-9,12H,1-5,10-11H2;4-5,7H,3,6,12-13H2,1-2H3,(H,14,16);1-7H,11H2;2*1-2H3. The van der Waals surface area contributed by atoms with Gasteiger partial charge < -0.3 is 21.0 Å². The number of ketones is 1. The quantitative estimate of drug-likeness (QED) is 0.0632. The monoisotopic (exact) mass is 702 g/mol. The number of nitrogens with one attached hydrogen (secondary N) is 1. The number of benzene rings is 4. The molecule has 0 radical (unpaired) electrons. The molecule has 1 atom stereocenters. The van der Waals surface area contributed by atoms with Gasteiger partial charge in [0.15, 0.2) is 5.78 Å². The second-order valence-corrected chi connectivity index (χ2v) is 12.7. The molecule has 1 amide bonds. The van der Waals surface area contributed by atoms with Crippen molar-refractivity contribution in [3.63, 3.8) is 0 Å². The van der Waals surface area contributed by atoms with E-state index in [4.69, 9.17) is 16.7 Å². The highest BCUT2D eigenvalue weighted by molar-refractivity contribution is 7.82. The van der Waals surface area contributed by atoms with E-state index in [1.54, 1.807) is 31.3 Å². The van der Waals surface area contributed by atoms with Crippen LogP contribution in [0.5, 0.6) is 0 Å². The summed E-state index contributed by atoms with van der Waals surface area (Å²) in [5, 5.41) is 11.7. The van der Waals surface area contributed by atoms with Crippen LogP contribution < -0.4 is 31.9 Å². The zero-order valence-electron chi connectivity index (χ0n) is 30.8. The van der Waals surface area contributed by atoms with Gasteiger partial charge in [-0.15, -0.1) is 0 Å². The normalized spacial score (nSPS) is 13.7. The second kappa shape index (κ2) is 22.5. The van der Waals surface area contributed by atoms with E-state index in [0.29, 0.717) is 40.1 Å². The Bertz CT molecular complexity index is 1630. The van der Waals surface area contributed by atoms with Crippen molar-refractivity contribution in [2.45, 2.75) is 78.0 Å². The molecule has 0 spiro atoms. The van der Waals surface area contributed by atoms with Gasteiger partial charge in [0.1, 0.15) is 11.0 Å². The van der Waals surface area contributed by atoms with Crippen molar-refractivity contribution in [1.29, 1.82) is 0 Å². The number of nitrogens with zero attached hydrogens (tertiary/aromatic N) is 2. The summed E-state index contributed by atoms with van der Waals surface area (Å²) >= 11 is 0. The van der Waals surface area contributed by atoms with Gasteiger partial charge in [0.05, 0.1) is 16.3 Å². The Morgan fingerprint density at radius 3 is 2.00 bits per heavy atom. The molecule has 1 saturated carbocycles. The molecule has 7 N–H and O–H groups in total. The smallest absolute Gasteiger partial charge is 0.251 e. The lowest BCUT2D eigenvalue weighted by molar-refractivity contribution is 0.0950. The minimum atomic E-state index is -1.38. The highest BCUT2D eigenvalue weighted by Crippen LogP contribution is 2.33. The summed E-state index contributed by atoms with van der Waals surface area (Å²) in [5.74, 6) is 6.17.